The van der Waals surface area contributed by atoms with E-state index < -0.39 is 0 Å². The number of benzene rings is 1. The van der Waals surface area contributed by atoms with Crippen molar-refractivity contribution < 1.29 is 14.3 Å². The van der Waals surface area contributed by atoms with E-state index in [1.807, 2.05) is 18.2 Å². The minimum Gasteiger partial charge on any atom is -0.497 e. The van der Waals surface area contributed by atoms with E-state index >= 15 is 0 Å². The van der Waals surface area contributed by atoms with Crippen LogP contribution in [0, 0.1) is 5.92 Å². The van der Waals surface area contributed by atoms with Gasteiger partial charge in [0.2, 0.25) is 5.91 Å². The van der Waals surface area contributed by atoms with Gasteiger partial charge < -0.3 is 14.8 Å². The van der Waals surface area contributed by atoms with Crippen LogP contribution in [0.3, 0.4) is 0 Å². The van der Waals surface area contributed by atoms with E-state index in [4.69, 9.17) is 9.47 Å². The van der Waals surface area contributed by atoms with E-state index in [1.54, 1.807) is 7.11 Å². The number of likely N-dealkylation sites (tertiary alicyclic amines) is 1. The maximum absolute atomic E-state index is 12.5. The molecular formula is C18H26N2O3. The van der Waals surface area contributed by atoms with Gasteiger partial charge in [-0.25, -0.2) is 0 Å². The number of carbonyl (C=O) groups excluding carboxylic acids is 1. The maximum Gasteiger partial charge on any atom is 0.227 e. The van der Waals surface area contributed by atoms with Crippen molar-refractivity contribution in [2.75, 3.05) is 26.8 Å². The van der Waals surface area contributed by atoms with E-state index in [2.05, 4.69) is 24.1 Å². The van der Waals surface area contributed by atoms with Crippen LogP contribution < -0.4 is 14.8 Å². The number of hydrogen-bond acceptors (Lipinski definition) is 4. The molecule has 126 valence electrons. The Bertz CT molecular complexity index is 573. The molecule has 3 rings (SSSR count). The lowest BCUT2D eigenvalue weighted by atomic mass is 9.95. The maximum atomic E-state index is 12.5. The minimum atomic E-state index is -0.107. The molecule has 2 aliphatic heterocycles. The number of carbonyl (C=O) groups is 1. The zero-order chi connectivity index (χ0) is 16.4. The van der Waals surface area contributed by atoms with Gasteiger partial charge in [0.1, 0.15) is 18.1 Å². The lowest BCUT2D eigenvalue weighted by Crippen LogP contribution is -2.44. The summed E-state index contributed by atoms with van der Waals surface area (Å²) >= 11 is 0. The average molecular weight is 318 g/mol. The van der Waals surface area contributed by atoms with E-state index in [-0.39, 0.29) is 17.9 Å². The van der Waals surface area contributed by atoms with Gasteiger partial charge in [-0.05, 0) is 38.3 Å². The molecule has 0 aliphatic carbocycles. The highest BCUT2D eigenvalue weighted by atomic mass is 16.5. The summed E-state index contributed by atoms with van der Waals surface area (Å²) in [6, 6.07) is 6.60. The molecule has 5 nitrogen and oxygen atoms in total. The minimum absolute atomic E-state index is 0.107. The summed E-state index contributed by atoms with van der Waals surface area (Å²) in [4.78, 5) is 14.9. The van der Waals surface area contributed by atoms with Gasteiger partial charge >= 0.3 is 0 Å². The quantitative estimate of drug-likeness (QED) is 0.920. The summed E-state index contributed by atoms with van der Waals surface area (Å²) in [5, 5.41) is 3.20. The van der Waals surface area contributed by atoms with Gasteiger partial charge in [-0.3, -0.25) is 9.69 Å². The van der Waals surface area contributed by atoms with E-state index in [0.29, 0.717) is 12.6 Å². The standard InChI is InChI=1S/C18H26N2O3/c1-12(2)20-7-6-15(10-20)19-18(21)14-8-13-4-5-16(22-3)9-17(13)23-11-14/h4-5,9,12,14-15H,6-8,10-11H2,1-3H3,(H,19,21)/t14-,15+/m1/s1. The fourth-order valence-corrected chi connectivity index (χ4v) is 3.34. The second-order valence-corrected chi connectivity index (χ2v) is 6.77. The Morgan fingerprint density at radius 1 is 1.43 bits per heavy atom. The molecule has 0 unspecified atom stereocenters. The predicted octanol–water partition coefficient (Wildman–Crippen LogP) is 1.85. The molecule has 2 atom stereocenters. The van der Waals surface area contributed by atoms with Crippen molar-refractivity contribution in [2.24, 2.45) is 5.92 Å². The van der Waals surface area contributed by atoms with Gasteiger partial charge in [0, 0.05) is 31.2 Å². The van der Waals surface area contributed by atoms with Crippen LogP contribution in [0.25, 0.3) is 0 Å². The van der Waals surface area contributed by atoms with Crippen molar-refractivity contribution in [3.05, 3.63) is 23.8 Å². The van der Waals surface area contributed by atoms with Gasteiger partial charge in [-0.2, -0.15) is 0 Å². The Balaban J connectivity index is 1.57. The van der Waals surface area contributed by atoms with E-state index in [9.17, 15) is 4.79 Å². The molecular weight excluding hydrogens is 292 g/mol. The van der Waals surface area contributed by atoms with Crippen LogP contribution >= 0.6 is 0 Å². The smallest absolute Gasteiger partial charge is 0.227 e. The van der Waals surface area contributed by atoms with Crippen LogP contribution in [-0.4, -0.2) is 49.7 Å². The van der Waals surface area contributed by atoms with Crippen LogP contribution in [0.2, 0.25) is 0 Å². The normalized spacial score (nSPS) is 24.2. The van der Waals surface area contributed by atoms with Crippen LogP contribution in [0.1, 0.15) is 25.8 Å². The van der Waals surface area contributed by atoms with E-state index in [0.717, 1.165) is 43.0 Å². The number of nitrogens with zero attached hydrogens (tertiary/aromatic N) is 1. The highest BCUT2D eigenvalue weighted by Gasteiger charge is 2.30. The summed E-state index contributed by atoms with van der Waals surface area (Å²) in [6.45, 7) is 6.85. The third-order valence-electron chi connectivity index (χ3n) is 4.85. The molecule has 0 aromatic heterocycles. The highest BCUT2D eigenvalue weighted by Crippen LogP contribution is 2.31. The zero-order valence-corrected chi connectivity index (χ0v) is 14.2. The molecule has 0 bridgehead atoms. The highest BCUT2D eigenvalue weighted by molar-refractivity contribution is 5.80. The van der Waals surface area contributed by atoms with Crippen molar-refractivity contribution in [1.29, 1.82) is 0 Å². The molecule has 2 heterocycles. The van der Waals surface area contributed by atoms with Crippen molar-refractivity contribution >= 4 is 5.91 Å². The Morgan fingerprint density at radius 2 is 2.26 bits per heavy atom. The van der Waals surface area contributed by atoms with Gasteiger partial charge in [-0.1, -0.05) is 6.07 Å². The fraction of sp³-hybridized carbons (Fsp3) is 0.611. The van der Waals surface area contributed by atoms with Crippen molar-refractivity contribution in [2.45, 2.75) is 38.8 Å². The topological polar surface area (TPSA) is 50.8 Å². The molecule has 1 amide bonds. The summed E-state index contributed by atoms with van der Waals surface area (Å²) in [6.07, 6.45) is 1.76. The summed E-state index contributed by atoms with van der Waals surface area (Å²) in [5.41, 5.74) is 1.08. The monoisotopic (exact) mass is 318 g/mol. The number of fused-ring (bicyclic) bond motifs is 1. The molecule has 1 fully saturated rings. The Hall–Kier alpha value is -1.75. The van der Waals surface area contributed by atoms with Gasteiger partial charge in [0.05, 0.1) is 13.0 Å². The molecule has 2 aliphatic rings. The number of ether oxygens (including phenoxy) is 2. The largest absolute Gasteiger partial charge is 0.497 e. The molecule has 0 spiro atoms. The molecule has 1 N–H and O–H groups in total. The summed E-state index contributed by atoms with van der Waals surface area (Å²) in [5.74, 6) is 1.62. The molecule has 0 saturated carbocycles. The van der Waals surface area contributed by atoms with Crippen molar-refractivity contribution in [3.8, 4) is 11.5 Å². The third kappa shape index (κ3) is 3.61. The lowest BCUT2D eigenvalue weighted by Gasteiger charge is -2.26. The molecule has 1 aromatic rings. The fourth-order valence-electron chi connectivity index (χ4n) is 3.34. The molecule has 23 heavy (non-hydrogen) atoms. The number of hydrogen-bond donors (Lipinski definition) is 1. The molecule has 5 heteroatoms. The molecule has 0 radical (unpaired) electrons. The predicted molar refractivity (Wildman–Crippen MR) is 88.9 cm³/mol. The SMILES string of the molecule is COc1ccc2c(c1)OC[C@H](C(=O)N[C@H]1CCN(C(C)C)C1)C2. The zero-order valence-electron chi connectivity index (χ0n) is 14.2. The second kappa shape index (κ2) is 6.79. The first-order chi connectivity index (χ1) is 11.1. The number of rotatable bonds is 4. The first kappa shape index (κ1) is 16.1. The lowest BCUT2D eigenvalue weighted by molar-refractivity contribution is -0.126. The first-order valence-corrected chi connectivity index (χ1v) is 8.41. The average Bonchev–Trinajstić information content (AvgIpc) is 3.02. The number of amides is 1. The van der Waals surface area contributed by atoms with Crippen molar-refractivity contribution in [1.82, 2.24) is 10.2 Å². The van der Waals surface area contributed by atoms with Gasteiger partial charge in [0.15, 0.2) is 0 Å². The van der Waals surface area contributed by atoms with Gasteiger partial charge in [-0.15, -0.1) is 0 Å². The first-order valence-electron chi connectivity index (χ1n) is 8.41. The van der Waals surface area contributed by atoms with Crippen LogP contribution in [0.5, 0.6) is 11.5 Å². The summed E-state index contributed by atoms with van der Waals surface area (Å²) in [7, 11) is 1.64. The van der Waals surface area contributed by atoms with Crippen molar-refractivity contribution in [3.63, 3.8) is 0 Å². The summed E-state index contributed by atoms with van der Waals surface area (Å²) < 4.78 is 11.0. The van der Waals surface area contributed by atoms with Crippen LogP contribution in [-0.2, 0) is 11.2 Å². The van der Waals surface area contributed by atoms with E-state index in [1.165, 1.54) is 0 Å². The van der Waals surface area contributed by atoms with Crippen LogP contribution in [0.15, 0.2) is 18.2 Å². The third-order valence-corrected chi connectivity index (χ3v) is 4.85. The molecule has 1 aromatic carbocycles. The Labute approximate surface area is 137 Å². The van der Waals surface area contributed by atoms with Gasteiger partial charge in [0.25, 0.3) is 0 Å². The Kier molecular flexibility index (Phi) is 4.76. The second-order valence-electron chi connectivity index (χ2n) is 6.77. The molecule has 1 saturated heterocycles. The Morgan fingerprint density at radius 3 is 2.96 bits per heavy atom. The number of methoxy groups -OCH3 is 1. The van der Waals surface area contributed by atoms with Crippen LogP contribution in [0.4, 0.5) is 0 Å². The number of nitrogens with one attached hydrogen (secondary N) is 1.